The van der Waals surface area contributed by atoms with Gasteiger partial charge < -0.3 is 20.6 Å². The fourth-order valence-corrected chi connectivity index (χ4v) is 3.46. The number of hydrogen-bond donors (Lipinski definition) is 3. The van der Waals surface area contributed by atoms with Crippen LogP contribution in [-0.2, 0) is 4.79 Å². The number of nitrogens with zero attached hydrogens (tertiary/aromatic N) is 4. The minimum atomic E-state index is -0.634. The number of likely N-dealkylation sites (N-methyl/N-ethyl adjacent to an activating group) is 1. The van der Waals surface area contributed by atoms with Gasteiger partial charge in [-0.05, 0) is 36.9 Å². The van der Waals surface area contributed by atoms with Gasteiger partial charge in [-0.25, -0.2) is 4.98 Å². The molecule has 1 amide bonds. The van der Waals surface area contributed by atoms with E-state index in [1.54, 1.807) is 17.2 Å². The van der Waals surface area contributed by atoms with Gasteiger partial charge in [0.15, 0.2) is 0 Å². The molecule has 0 aliphatic carbocycles. The number of aliphatic hydroxyl groups excluding tert-OH is 1. The molecule has 3 aromatic rings. The van der Waals surface area contributed by atoms with Crippen molar-refractivity contribution in [1.29, 1.82) is 0 Å². The second-order valence-electron chi connectivity index (χ2n) is 7.53. The average Bonchev–Trinajstić information content (AvgIpc) is 2.78. The number of nitrogens with one attached hydrogen (secondary N) is 2. The van der Waals surface area contributed by atoms with Crippen LogP contribution in [0.4, 0.5) is 23.1 Å². The van der Waals surface area contributed by atoms with E-state index in [-0.39, 0.29) is 5.91 Å². The van der Waals surface area contributed by atoms with Crippen LogP contribution in [0.15, 0.2) is 66.9 Å². The van der Waals surface area contributed by atoms with Crippen LogP contribution in [-0.4, -0.2) is 59.1 Å². The zero-order chi connectivity index (χ0) is 21.6. The van der Waals surface area contributed by atoms with Crippen molar-refractivity contribution in [3.63, 3.8) is 0 Å². The third-order valence-electron chi connectivity index (χ3n) is 5.14. The van der Waals surface area contributed by atoms with E-state index < -0.39 is 6.10 Å². The Morgan fingerprint density at radius 2 is 1.94 bits per heavy atom. The van der Waals surface area contributed by atoms with Gasteiger partial charge in [-0.1, -0.05) is 36.4 Å². The highest BCUT2D eigenvalue weighted by atomic mass is 16.3. The maximum Gasteiger partial charge on any atom is 0.241 e. The molecule has 1 aliphatic rings. The first-order valence-electron chi connectivity index (χ1n) is 10.2. The van der Waals surface area contributed by atoms with Crippen LogP contribution in [0.5, 0.6) is 0 Å². The lowest BCUT2D eigenvalue weighted by Gasteiger charge is -2.32. The molecule has 0 bridgehead atoms. The molecule has 4 rings (SSSR count). The molecule has 8 nitrogen and oxygen atoms in total. The summed E-state index contributed by atoms with van der Waals surface area (Å²) in [7, 11) is 1.95. The molecule has 0 radical (unpaired) electrons. The van der Waals surface area contributed by atoms with Crippen LogP contribution in [0.3, 0.4) is 0 Å². The first-order valence-corrected chi connectivity index (χ1v) is 10.2. The monoisotopic (exact) mass is 418 g/mol. The van der Waals surface area contributed by atoms with Crippen molar-refractivity contribution in [1.82, 2.24) is 14.9 Å². The van der Waals surface area contributed by atoms with E-state index in [4.69, 9.17) is 0 Å². The van der Waals surface area contributed by atoms with Crippen molar-refractivity contribution in [2.24, 2.45) is 0 Å². The number of anilines is 4. The molecular weight excluding hydrogens is 392 g/mol. The Hall–Kier alpha value is -3.49. The number of aromatic nitrogens is 2. The fraction of sp³-hybridized carbons (Fsp3) is 0.261. The zero-order valence-electron chi connectivity index (χ0n) is 17.4. The van der Waals surface area contributed by atoms with E-state index in [0.717, 1.165) is 23.5 Å². The Morgan fingerprint density at radius 3 is 2.74 bits per heavy atom. The molecule has 0 saturated carbocycles. The topological polar surface area (TPSA) is 93.6 Å². The number of rotatable bonds is 7. The molecule has 1 aromatic heterocycles. The summed E-state index contributed by atoms with van der Waals surface area (Å²) >= 11 is 0. The van der Waals surface area contributed by atoms with Crippen molar-refractivity contribution < 1.29 is 9.90 Å². The van der Waals surface area contributed by atoms with Gasteiger partial charge in [-0.3, -0.25) is 9.69 Å². The molecule has 0 spiro atoms. The average molecular weight is 419 g/mol. The largest absolute Gasteiger partial charge is 0.387 e. The second-order valence-corrected chi connectivity index (χ2v) is 7.53. The smallest absolute Gasteiger partial charge is 0.241 e. The van der Waals surface area contributed by atoms with Gasteiger partial charge in [0.2, 0.25) is 11.9 Å². The zero-order valence-corrected chi connectivity index (χ0v) is 17.4. The molecule has 1 saturated heterocycles. The Bertz CT molecular complexity index is 1030. The summed E-state index contributed by atoms with van der Waals surface area (Å²) in [6.45, 7) is 2.26. The lowest BCUT2D eigenvalue weighted by molar-refractivity contribution is -0.120. The number of aliphatic hydroxyl groups is 1. The summed E-state index contributed by atoms with van der Waals surface area (Å²) in [5, 5.41) is 16.7. The third-order valence-corrected chi connectivity index (χ3v) is 5.14. The number of benzene rings is 2. The fourth-order valence-electron chi connectivity index (χ4n) is 3.46. The summed E-state index contributed by atoms with van der Waals surface area (Å²) < 4.78 is 0. The molecule has 1 unspecified atom stereocenters. The number of piperazine rings is 1. The molecule has 2 heterocycles. The molecule has 3 N–H and O–H groups in total. The van der Waals surface area contributed by atoms with E-state index in [1.165, 1.54) is 0 Å². The van der Waals surface area contributed by atoms with Crippen LogP contribution in [0.1, 0.15) is 11.7 Å². The lowest BCUT2D eigenvalue weighted by atomic mass is 10.1. The number of carbonyl (C=O) groups is 1. The van der Waals surface area contributed by atoms with Gasteiger partial charge in [0.05, 0.1) is 12.6 Å². The highest BCUT2D eigenvalue weighted by molar-refractivity contribution is 5.96. The second kappa shape index (κ2) is 9.55. The van der Waals surface area contributed by atoms with Crippen molar-refractivity contribution >= 4 is 29.0 Å². The van der Waals surface area contributed by atoms with Gasteiger partial charge in [0, 0.05) is 37.2 Å². The van der Waals surface area contributed by atoms with Crippen LogP contribution < -0.4 is 15.5 Å². The van der Waals surface area contributed by atoms with Crippen LogP contribution in [0.2, 0.25) is 0 Å². The molecule has 160 valence electrons. The van der Waals surface area contributed by atoms with Crippen molar-refractivity contribution in [3.8, 4) is 0 Å². The SMILES string of the molecule is CN1CCN(c2cccc(Nc3nccc(NCC(O)c4ccccc4)n3)c2)C(=O)C1. The molecule has 1 atom stereocenters. The Morgan fingerprint density at radius 1 is 1.10 bits per heavy atom. The maximum absolute atomic E-state index is 12.4. The quantitative estimate of drug-likeness (QED) is 0.543. The third kappa shape index (κ3) is 5.36. The van der Waals surface area contributed by atoms with Gasteiger partial charge >= 0.3 is 0 Å². The van der Waals surface area contributed by atoms with Gasteiger partial charge in [0.1, 0.15) is 5.82 Å². The van der Waals surface area contributed by atoms with Gasteiger partial charge in [-0.2, -0.15) is 4.98 Å². The number of amides is 1. The minimum absolute atomic E-state index is 0.0883. The maximum atomic E-state index is 12.4. The number of carbonyl (C=O) groups excluding carboxylic acids is 1. The molecular formula is C23H26N6O2. The Labute approximate surface area is 181 Å². The first kappa shape index (κ1) is 20.8. The predicted molar refractivity (Wildman–Crippen MR) is 121 cm³/mol. The van der Waals surface area contributed by atoms with E-state index >= 15 is 0 Å². The summed E-state index contributed by atoms with van der Waals surface area (Å²) in [6.07, 6.45) is 1.02. The molecule has 8 heteroatoms. The van der Waals surface area contributed by atoms with Crippen molar-refractivity contribution in [3.05, 3.63) is 72.4 Å². The van der Waals surface area contributed by atoms with E-state index in [2.05, 4.69) is 20.6 Å². The first-order chi connectivity index (χ1) is 15.1. The summed E-state index contributed by atoms with van der Waals surface area (Å²) in [5.41, 5.74) is 2.49. The van der Waals surface area contributed by atoms with E-state index in [0.29, 0.717) is 31.4 Å². The minimum Gasteiger partial charge on any atom is -0.387 e. The predicted octanol–water partition coefficient (Wildman–Crippen LogP) is 2.64. The standard InChI is InChI=1S/C23H26N6O2/c1-28-12-13-29(22(31)16-28)19-9-5-8-18(14-19)26-23-24-11-10-21(27-23)25-15-20(30)17-6-3-2-4-7-17/h2-11,14,20,30H,12-13,15-16H2,1H3,(H2,24,25,26,27). The molecule has 1 aliphatic heterocycles. The number of hydrogen-bond acceptors (Lipinski definition) is 7. The summed E-state index contributed by atoms with van der Waals surface area (Å²) in [5.74, 6) is 1.13. The van der Waals surface area contributed by atoms with Crippen molar-refractivity contribution in [2.75, 3.05) is 48.8 Å². The van der Waals surface area contributed by atoms with E-state index in [9.17, 15) is 9.90 Å². The molecule has 1 fully saturated rings. The van der Waals surface area contributed by atoms with Crippen LogP contribution in [0, 0.1) is 0 Å². The van der Waals surface area contributed by atoms with Gasteiger partial charge in [0.25, 0.3) is 0 Å². The van der Waals surface area contributed by atoms with Crippen molar-refractivity contribution in [2.45, 2.75) is 6.10 Å². The lowest BCUT2D eigenvalue weighted by Crippen LogP contribution is -2.48. The Kier molecular flexibility index (Phi) is 6.40. The van der Waals surface area contributed by atoms with Crippen LogP contribution >= 0.6 is 0 Å². The summed E-state index contributed by atoms with van der Waals surface area (Å²) in [4.78, 5) is 24.9. The Balaban J connectivity index is 1.40. The highest BCUT2D eigenvalue weighted by Gasteiger charge is 2.22. The highest BCUT2D eigenvalue weighted by Crippen LogP contribution is 2.23. The summed E-state index contributed by atoms with van der Waals surface area (Å²) in [6, 6.07) is 18.9. The van der Waals surface area contributed by atoms with Gasteiger partial charge in [-0.15, -0.1) is 0 Å². The molecule has 31 heavy (non-hydrogen) atoms. The molecule has 2 aromatic carbocycles. The normalized spacial score (nSPS) is 15.5. The van der Waals surface area contributed by atoms with Crippen LogP contribution in [0.25, 0.3) is 0 Å². The van der Waals surface area contributed by atoms with E-state index in [1.807, 2.05) is 66.5 Å².